The molecule has 25 heteroatoms. The Balaban J connectivity index is 0.00000104. The molecule has 23 nitrogen and oxygen atoms in total. The molecule has 0 fully saturated rings. The van der Waals surface area contributed by atoms with Crippen molar-refractivity contribution in [2.75, 3.05) is 21.2 Å². The van der Waals surface area contributed by atoms with Crippen molar-refractivity contribution >= 4 is 28.4 Å². The summed E-state index contributed by atoms with van der Waals surface area (Å²) < 4.78 is 34.8. The van der Waals surface area contributed by atoms with Crippen molar-refractivity contribution in [3.05, 3.63) is 144 Å². The zero-order valence-electron chi connectivity index (χ0n) is 63.2. The molecule has 0 bridgehead atoms. The van der Waals surface area contributed by atoms with E-state index in [2.05, 4.69) is 182 Å². The first-order chi connectivity index (χ1) is 44.4. The van der Waals surface area contributed by atoms with Gasteiger partial charge in [0.1, 0.15) is 25.0 Å². The van der Waals surface area contributed by atoms with Crippen LogP contribution in [0.5, 0.6) is 0 Å². The second kappa shape index (κ2) is 46.9. The number of imidazole rings is 1. The van der Waals surface area contributed by atoms with Gasteiger partial charge in [-0.15, -0.1) is 32.9 Å². The Morgan fingerprint density at radius 3 is 1.15 bits per heavy atom. The van der Waals surface area contributed by atoms with Gasteiger partial charge in [-0.1, -0.05) is 167 Å². The number of aromatic amines is 1. The van der Waals surface area contributed by atoms with Gasteiger partial charge in [0.2, 0.25) is 29.5 Å². The van der Waals surface area contributed by atoms with Gasteiger partial charge in [0.15, 0.2) is 29.3 Å². The number of aliphatic imine (C=N–C) groups is 1. The quantitative estimate of drug-likeness (QED) is 0.106. The second-order valence-corrected chi connectivity index (χ2v) is 28.0. The van der Waals surface area contributed by atoms with Gasteiger partial charge in [0.05, 0.1) is 39.3 Å². The van der Waals surface area contributed by atoms with E-state index in [0.29, 0.717) is 101 Å². The van der Waals surface area contributed by atoms with Crippen LogP contribution in [0.4, 0.5) is 0 Å². The monoisotopic (exact) mass is 1370 g/mol. The van der Waals surface area contributed by atoms with Crippen LogP contribution in [0.25, 0.3) is 0 Å². The first kappa shape index (κ1) is 88.8. The van der Waals surface area contributed by atoms with E-state index < -0.39 is 0 Å². The number of nitrogens with one attached hydrogen (secondary N) is 1. The van der Waals surface area contributed by atoms with Gasteiger partial charge in [-0.3, -0.25) is 4.99 Å². The maximum absolute atomic E-state index is 5.12. The van der Waals surface area contributed by atoms with E-state index >= 15 is 0 Å². The highest BCUT2D eigenvalue weighted by molar-refractivity contribution is 7.09. The lowest BCUT2D eigenvalue weighted by Gasteiger charge is -2.03. The summed E-state index contributed by atoms with van der Waals surface area (Å²) in [6.45, 7) is 58.4. The molecule has 1 aliphatic rings. The third-order valence-corrected chi connectivity index (χ3v) is 14.1. The van der Waals surface area contributed by atoms with Crippen LogP contribution in [0.1, 0.15) is 316 Å². The summed E-state index contributed by atoms with van der Waals surface area (Å²) in [5.41, 5.74) is 8.23. The van der Waals surface area contributed by atoms with E-state index in [-0.39, 0.29) is 13.3 Å². The fourth-order valence-electron chi connectivity index (χ4n) is 6.87. The van der Waals surface area contributed by atoms with Crippen LogP contribution in [0.3, 0.4) is 0 Å². The molecule has 1 aliphatic heterocycles. The SMILES string of the molecule is C.CC(C)c1nc(CN(C)C)no1.CC1=NC(C(C)C)=CC1.COCc1noc(C(C)C)n1.Cc1nc(C(C)C)co1.Cc1nc(C(C)C)co1.Cc1nc(C(C)C)cs1.Cc1nc(C(C)C)cs1.Cc1ncc(C(C)C)[nH]1.Cc1nnc(C(C)C)o1.Cc1noc(C(C)C)n1. The third-order valence-electron chi connectivity index (χ3n) is 12.5. The van der Waals surface area contributed by atoms with E-state index in [4.69, 9.17) is 31.6 Å². The first-order valence-corrected chi connectivity index (χ1v) is 34.5. The minimum atomic E-state index is 0. The van der Waals surface area contributed by atoms with Crippen LogP contribution >= 0.6 is 22.7 Å². The fraction of sp³-hybridized carbons (Fsp3) is 0.634. The second-order valence-electron chi connectivity index (χ2n) is 25.9. The highest BCUT2D eigenvalue weighted by atomic mass is 32.1. The average molecular weight is 1370 g/mol. The summed E-state index contributed by atoms with van der Waals surface area (Å²) in [4.78, 5) is 42.9. The topological polar surface area (TPSA) is 287 Å². The van der Waals surface area contributed by atoms with Crippen molar-refractivity contribution in [3.8, 4) is 0 Å². The predicted molar refractivity (Wildman–Crippen MR) is 388 cm³/mol. The number of hydrogen-bond acceptors (Lipinski definition) is 24. The van der Waals surface area contributed by atoms with Crippen molar-refractivity contribution in [1.82, 2.24) is 75.4 Å². The highest BCUT2D eigenvalue weighted by Crippen LogP contribution is 2.21. The van der Waals surface area contributed by atoms with Crippen molar-refractivity contribution in [1.29, 1.82) is 0 Å². The number of methoxy groups -OCH3 is 1. The molecule has 10 heterocycles. The normalized spacial score (nSPS) is 11.4. The standard InChI is InChI=1S/C8H15N3O.C8H13N.C7H12N2O2.C7H12N2.2C7H11NO.2C7H11NS.2C6H10N2O.CH4/c1-6(2)8-9-7(10-12-8)5-11(3)4;1-6(2)8-5-4-7(3)9-8;1-5(2)7-8-6(4-10-3)9-11-7;1-5(2)7-4-8-6(3)9-7;4*1-5(2)7-4-9-6(3)8-7;1-4(2)6-8-7-5(3)9-6;1-4(2)6-7-5(3)8-9-6;/h6H,5H2,1-4H3;5-6H,4H2,1-3H3;5H,4H2,1-3H3;4-5H,1-3H3,(H,8,9);4*4-5H,1-3H3;2*4H,1-3H3;1H4. The molecule has 0 radical (unpaired) electrons. The van der Waals surface area contributed by atoms with E-state index in [9.17, 15) is 0 Å². The minimum absolute atomic E-state index is 0. The number of allylic oxidation sites excluding steroid dienone is 2. The summed E-state index contributed by atoms with van der Waals surface area (Å²) in [6.07, 6.45) is 8.58. The lowest BCUT2D eigenvalue weighted by Crippen LogP contribution is -2.11. The van der Waals surface area contributed by atoms with Gasteiger partial charge in [0.25, 0.3) is 0 Å². The summed E-state index contributed by atoms with van der Waals surface area (Å²) in [5, 5.41) is 25.3. The van der Waals surface area contributed by atoms with Crippen LogP contribution < -0.4 is 0 Å². The van der Waals surface area contributed by atoms with E-state index in [1.165, 1.54) is 38.5 Å². The molecule has 538 valence electrons. The zero-order chi connectivity index (χ0) is 72.2. The molecule has 0 saturated heterocycles. The highest BCUT2D eigenvalue weighted by Gasteiger charge is 2.13. The van der Waals surface area contributed by atoms with Crippen molar-refractivity contribution in [2.45, 2.75) is 274 Å². The largest absolute Gasteiger partial charge is 0.449 e. The molecule has 0 aliphatic carbocycles. The predicted octanol–water partition coefficient (Wildman–Crippen LogP) is 19.8. The molecule has 9 aromatic heterocycles. The number of rotatable bonds is 14. The molecule has 1 N–H and O–H groups in total. The van der Waals surface area contributed by atoms with Crippen LogP contribution in [-0.4, -0.2) is 102 Å². The summed E-state index contributed by atoms with van der Waals surface area (Å²) >= 11 is 3.44. The van der Waals surface area contributed by atoms with E-state index in [1.807, 2.05) is 122 Å². The van der Waals surface area contributed by atoms with Gasteiger partial charge in [-0.25, -0.2) is 24.9 Å². The lowest BCUT2D eigenvalue weighted by atomic mass is 10.1. The summed E-state index contributed by atoms with van der Waals surface area (Å²) in [7, 11) is 5.56. The molecule has 96 heavy (non-hydrogen) atoms. The van der Waals surface area contributed by atoms with Gasteiger partial charge < -0.3 is 41.4 Å². The molecule has 0 unspecified atom stereocenters. The lowest BCUT2D eigenvalue weighted by molar-refractivity contribution is 0.174. The molecule has 10 rings (SSSR count). The summed E-state index contributed by atoms with van der Waals surface area (Å²) in [6, 6.07) is 0. The van der Waals surface area contributed by atoms with Gasteiger partial charge >= 0.3 is 0 Å². The number of thiazole rings is 2. The molecule has 0 spiro atoms. The Bertz CT molecular complexity index is 3030. The Morgan fingerprint density at radius 2 is 0.927 bits per heavy atom. The molecule has 0 amide bonds. The number of H-pyrrole nitrogens is 1. The van der Waals surface area contributed by atoms with E-state index in [0.717, 1.165) is 47.8 Å². The molecular formula is C71H120N16O7S2. The van der Waals surface area contributed by atoms with Crippen molar-refractivity contribution in [2.24, 2.45) is 10.9 Å². The maximum Gasteiger partial charge on any atom is 0.229 e. The smallest absolute Gasteiger partial charge is 0.229 e. The first-order valence-electron chi connectivity index (χ1n) is 32.7. The maximum atomic E-state index is 5.12. The molecule has 9 aromatic rings. The van der Waals surface area contributed by atoms with Crippen LogP contribution in [-0.2, 0) is 17.9 Å². The molecule has 0 atom stereocenters. The third kappa shape index (κ3) is 37.9. The van der Waals surface area contributed by atoms with Gasteiger partial charge in [-0.05, 0) is 84.2 Å². The van der Waals surface area contributed by atoms with Crippen molar-refractivity contribution < 1.29 is 31.6 Å². The molecule has 0 saturated carbocycles. The van der Waals surface area contributed by atoms with Crippen molar-refractivity contribution in [3.63, 3.8) is 0 Å². The number of hydrogen-bond donors (Lipinski definition) is 1. The van der Waals surface area contributed by atoms with E-state index in [1.54, 1.807) is 49.2 Å². The Kier molecular flexibility index (Phi) is 43.3. The zero-order valence-corrected chi connectivity index (χ0v) is 64.9. The summed E-state index contributed by atoms with van der Waals surface area (Å²) in [5.74, 6) is 12.6. The molecule has 0 aromatic carbocycles. The van der Waals surface area contributed by atoms with Crippen LogP contribution in [0, 0.1) is 54.4 Å². The average Bonchev–Trinajstić information content (AvgIpc) is 2.20. The van der Waals surface area contributed by atoms with Gasteiger partial charge in [-0.2, -0.15) is 15.0 Å². The van der Waals surface area contributed by atoms with Crippen LogP contribution in [0.2, 0.25) is 0 Å². The number of aromatic nitrogens is 14. The number of nitrogens with zero attached hydrogens (tertiary/aromatic N) is 15. The Morgan fingerprint density at radius 1 is 0.490 bits per heavy atom. The molecular weight excluding hydrogens is 1250 g/mol. The number of aryl methyl sites for hydroxylation is 7. The van der Waals surface area contributed by atoms with Gasteiger partial charge in [0, 0.05) is 92.0 Å². The Labute approximate surface area is 582 Å². The minimum Gasteiger partial charge on any atom is -0.449 e. The number of oxazole rings is 2. The number of ether oxygens (including phenoxy) is 1. The Hall–Kier alpha value is -7.22. The fourth-order valence-corrected chi connectivity index (χ4v) is 8.42. The van der Waals surface area contributed by atoms with Crippen LogP contribution in [0.15, 0.2) is 73.1 Å².